The Labute approximate surface area is 233 Å². The summed E-state index contributed by atoms with van der Waals surface area (Å²) < 4.78 is 17.5. The van der Waals surface area contributed by atoms with Crippen LogP contribution in [-0.2, 0) is 18.0 Å². The molecule has 1 amide bonds. The molecule has 0 radical (unpaired) electrons. The van der Waals surface area contributed by atoms with Crippen LogP contribution in [0.5, 0.6) is 17.2 Å². The van der Waals surface area contributed by atoms with E-state index in [1.807, 2.05) is 67.6 Å². The second-order valence-corrected chi connectivity index (χ2v) is 8.91. The minimum absolute atomic E-state index is 0.0431. The Kier molecular flexibility index (Phi) is 9.60. The first-order valence-electron chi connectivity index (χ1n) is 12.4. The van der Waals surface area contributed by atoms with Crippen molar-refractivity contribution in [3.63, 3.8) is 0 Å². The highest BCUT2D eigenvalue weighted by Gasteiger charge is 2.12. The molecule has 0 atom stereocenters. The molecule has 39 heavy (non-hydrogen) atoms. The molecule has 0 aliphatic carbocycles. The van der Waals surface area contributed by atoms with Crippen molar-refractivity contribution in [3.8, 4) is 23.3 Å². The van der Waals surface area contributed by atoms with Gasteiger partial charge in [-0.2, -0.15) is 5.26 Å². The lowest BCUT2D eigenvalue weighted by molar-refractivity contribution is -0.112. The Hall–Kier alpha value is -4.73. The van der Waals surface area contributed by atoms with E-state index in [2.05, 4.69) is 5.32 Å². The van der Waals surface area contributed by atoms with Gasteiger partial charge in [0.2, 0.25) is 0 Å². The summed E-state index contributed by atoms with van der Waals surface area (Å²) in [5.41, 5.74) is 3.17. The van der Waals surface area contributed by atoms with Crippen LogP contribution in [0.1, 0.15) is 23.6 Å². The Balaban J connectivity index is 1.39. The largest absolute Gasteiger partial charge is 0.490 e. The maximum Gasteiger partial charge on any atom is 0.266 e. The highest BCUT2D eigenvalue weighted by Crippen LogP contribution is 2.30. The number of halogens is 1. The molecule has 0 spiro atoms. The van der Waals surface area contributed by atoms with Gasteiger partial charge in [0.25, 0.3) is 5.91 Å². The first kappa shape index (κ1) is 27.3. The molecule has 4 aromatic rings. The number of ether oxygens (including phenoxy) is 3. The molecule has 0 saturated heterocycles. The fourth-order valence-electron chi connectivity index (χ4n) is 3.63. The van der Waals surface area contributed by atoms with Gasteiger partial charge >= 0.3 is 0 Å². The fraction of sp³-hybridized carbons (Fsp3) is 0.125. The molecule has 0 aromatic heterocycles. The van der Waals surface area contributed by atoms with Gasteiger partial charge in [-0.1, -0.05) is 60.1 Å². The molecule has 1 N–H and O–H groups in total. The fourth-order valence-corrected chi connectivity index (χ4v) is 3.76. The van der Waals surface area contributed by atoms with Crippen LogP contribution < -0.4 is 19.5 Å². The predicted octanol–water partition coefficient (Wildman–Crippen LogP) is 7.44. The number of nitrogens with one attached hydrogen (secondary N) is 1. The van der Waals surface area contributed by atoms with E-state index < -0.39 is 5.91 Å². The molecule has 6 nitrogen and oxygen atoms in total. The average molecular weight is 539 g/mol. The molecule has 0 aliphatic heterocycles. The minimum Gasteiger partial charge on any atom is -0.490 e. The van der Waals surface area contributed by atoms with Crippen LogP contribution in [0.3, 0.4) is 0 Å². The van der Waals surface area contributed by atoms with E-state index in [1.54, 1.807) is 42.5 Å². The van der Waals surface area contributed by atoms with E-state index in [0.717, 1.165) is 11.1 Å². The summed E-state index contributed by atoms with van der Waals surface area (Å²) in [6.07, 6.45) is 1.52. The SMILES string of the molecule is CCOc1cc(/C=C(\C#N)C(=O)Nc2ccc(OCc3ccc(Cl)cc3)cc2)ccc1OCc1ccccc1. The summed E-state index contributed by atoms with van der Waals surface area (Å²) in [7, 11) is 0. The van der Waals surface area contributed by atoms with E-state index in [-0.39, 0.29) is 5.57 Å². The highest BCUT2D eigenvalue weighted by molar-refractivity contribution is 6.30. The van der Waals surface area contributed by atoms with Gasteiger partial charge in [-0.05, 0) is 78.2 Å². The van der Waals surface area contributed by atoms with Crippen LogP contribution in [0.4, 0.5) is 5.69 Å². The van der Waals surface area contributed by atoms with E-state index in [9.17, 15) is 10.1 Å². The number of anilines is 1. The Morgan fingerprint density at radius 3 is 2.23 bits per heavy atom. The number of hydrogen-bond donors (Lipinski definition) is 1. The number of benzene rings is 4. The lowest BCUT2D eigenvalue weighted by atomic mass is 10.1. The van der Waals surface area contributed by atoms with Crippen molar-refractivity contribution in [2.75, 3.05) is 11.9 Å². The summed E-state index contributed by atoms with van der Waals surface area (Å²) in [5, 5.41) is 13.1. The predicted molar refractivity (Wildman–Crippen MR) is 153 cm³/mol. The number of amides is 1. The number of hydrogen-bond acceptors (Lipinski definition) is 5. The van der Waals surface area contributed by atoms with E-state index in [1.165, 1.54) is 6.08 Å². The third kappa shape index (κ3) is 8.13. The summed E-state index contributed by atoms with van der Waals surface area (Å²) in [4.78, 5) is 12.8. The van der Waals surface area contributed by atoms with Crippen molar-refractivity contribution in [2.45, 2.75) is 20.1 Å². The van der Waals surface area contributed by atoms with Gasteiger partial charge in [0.05, 0.1) is 6.61 Å². The monoisotopic (exact) mass is 538 g/mol. The lowest BCUT2D eigenvalue weighted by Crippen LogP contribution is -2.13. The third-order valence-electron chi connectivity index (χ3n) is 5.61. The van der Waals surface area contributed by atoms with Crippen LogP contribution in [0.25, 0.3) is 6.08 Å². The van der Waals surface area contributed by atoms with Crippen molar-refractivity contribution in [3.05, 3.63) is 124 Å². The molecule has 7 heteroatoms. The quantitative estimate of drug-likeness (QED) is 0.158. The molecule has 4 aromatic carbocycles. The van der Waals surface area contributed by atoms with E-state index >= 15 is 0 Å². The number of nitriles is 1. The van der Waals surface area contributed by atoms with Gasteiger partial charge < -0.3 is 19.5 Å². The van der Waals surface area contributed by atoms with Crippen LogP contribution in [0.15, 0.2) is 103 Å². The van der Waals surface area contributed by atoms with Crippen LogP contribution in [0, 0.1) is 11.3 Å². The Morgan fingerprint density at radius 2 is 1.54 bits per heavy atom. The summed E-state index contributed by atoms with van der Waals surface area (Å²) >= 11 is 5.91. The van der Waals surface area contributed by atoms with Crippen molar-refractivity contribution in [2.24, 2.45) is 0 Å². The van der Waals surface area contributed by atoms with Crippen molar-refractivity contribution >= 4 is 29.3 Å². The van der Waals surface area contributed by atoms with Gasteiger partial charge in [-0.3, -0.25) is 4.79 Å². The number of nitrogens with zero attached hydrogens (tertiary/aromatic N) is 1. The molecular formula is C32H27ClN2O4. The maximum absolute atomic E-state index is 12.8. The number of carbonyl (C=O) groups is 1. The summed E-state index contributed by atoms with van der Waals surface area (Å²) in [6, 6.07) is 31.5. The molecular weight excluding hydrogens is 512 g/mol. The standard InChI is InChI=1S/C32H27ClN2O4/c1-2-37-31-19-25(10-17-30(31)39-22-23-6-4-3-5-7-23)18-26(20-34)32(36)35-28-13-15-29(16-14-28)38-21-24-8-11-27(33)12-9-24/h3-19H,2,21-22H2,1H3,(H,35,36)/b26-18+. The molecule has 0 heterocycles. The topological polar surface area (TPSA) is 80.6 Å². The van der Waals surface area contributed by atoms with Gasteiger partial charge in [0.1, 0.15) is 30.6 Å². The normalized spacial score (nSPS) is 10.8. The molecule has 0 aliphatic rings. The third-order valence-corrected chi connectivity index (χ3v) is 5.86. The van der Waals surface area contributed by atoms with Gasteiger partial charge in [-0.25, -0.2) is 0 Å². The van der Waals surface area contributed by atoms with Gasteiger partial charge in [-0.15, -0.1) is 0 Å². The number of carbonyl (C=O) groups excluding carboxylic acids is 1. The van der Waals surface area contributed by atoms with Crippen molar-refractivity contribution < 1.29 is 19.0 Å². The first-order valence-corrected chi connectivity index (χ1v) is 12.8. The van der Waals surface area contributed by atoms with Crippen LogP contribution >= 0.6 is 11.6 Å². The molecule has 0 unspecified atom stereocenters. The van der Waals surface area contributed by atoms with E-state index in [4.69, 9.17) is 25.8 Å². The second kappa shape index (κ2) is 13.7. The molecule has 4 rings (SSSR count). The lowest BCUT2D eigenvalue weighted by Gasteiger charge is -2.13. The summed E-state index contributed by atoms with van der Waals surface area (Å²) in [5.74, 6) is 1.25. The Bertz CT molecular complexity index is 1460. The molecule has 0 fully saturated rings. The molecule has 196 valence electrons. The average Bonchev–Trinajstić information content (AvgIpc) is 2.96. The zero-order valence-electron chi connectivity index (χ0n) is 21.4. The smallest absolute Gasteiger partial charge is 0.266 e. The van der Waals surface area contributed by atoms with Gasteiger partial charge in [0, 0.05) is 10.7 Å². The second-order valence-electron chi connectivity index (χ2n) is 8.48. The van der Waals surface area contributed by atoms with Crippen LogP contribution in [-0.4, -0.2) is 12.5 Å². The minimum atomic E-state index is -0.519. The Morgan fingerprint density at radius 1 is 0.846 bits per heavy atom. The van der Waals surface area contributed by atoms with Crippen molar-refractivity contribution in [1.82, 2.24) is 0 Å². The maximum atomic E-state index is 12.8. The van der Waals surface area contributed by atoms with Gasteiger partial charge in [0.15, 0.2) is 11.5 Å². The van der Waals surface area contributed by atoms with Crippen LogP contribution in [0.2, 0.25) is 5.02 Å². The molecule has 0 saturated carbocycles. The summed E-state index contributed by atoms with van der Waals surface area (Å²) in [6.45, 7) is 3.11. The highest BCUT2D eigenvalue weighted by atomic mass is 35.5. The number of rotatable bonds is 11. The molecule has 0 bridgehead atoms. The zero-order chi connectivity index (χ0) is 27.5. The zero-order valence-corrected chi connectivity index (χ0v) is 22.2. The van der Waals surface area contributed by atoms with E-state index in [0.29, 0.717) is 53.3 Å². The van der Waals surface area contributed by atoms with Crippen molar-refractivity contribution in [1.29, 1.82) is 5.26 Å². The first-order chi connectivity index (χ1) is 19.0.